The van der Waals surface area contributed by atoms with Crippen LogP contribution in [-0.2, 0) is 10.2 Å². The Bertz CT molecular complexity index is 456. The normalized spacial score (nSPS) is 26.7. The largest absolute Gasteiger partial charge is 0.481 e. The molecule has 0 unspecified atom stereocenters. The molecule has 0 saturated heterocycles. The standard InChI is InChI=1S/C16H22O2/c1-4-5-13-9-16(10-13,15(17)18)14-7-6-11(2)12(3)8-14/h6-8,13H,4-5,9-10H2,1-3H3,(H,17,18). The van der Waals surface area contributed by atoms with Gasteiger partial charge in [-0.05, 0) is 49.3 Å². The van der Waals surface area contributed by atoms with Crippen molar-refractivity contribution in [3.63, 3.8) is 0 Å². The number of aryl methyl sites for hydroxylation is 2. The van der Waals surface area contributed by atoms with Crippen molar-refractivity contribution in [2.75, 3.05) is 0 Å². The molecule has 98 valence electrons. The molecule has 0 amide bonds. The summed E-state index contributed by atoms with van der Waals surface area (Å²) < 4.78 is 0. The van der Waals surface area contributed by atoms with Gasteiger partial charge in [-0.1, -0.05) is 38.0 Å². The van der Waals surface area contributed by atoms with Crippen LogP contribution in [0.1, 0.15) is 49.3 Å². The summed E-state index contributed by atoms with van der Waals surface area (Å²) in [6.45, 7) is 6.28. The lowest BCUT2D eigenvalue weighted by Crippen LogP contribution is -2.47. The second-order valence-corrected chi connectivity index (χ2v) is 5.75. The third-order valence-corrected chi connectivity index (χ3v) is 4.44. The SMILES string of the molecule is CCCC1CC(C(=O)O)(c2ccc(C)c(C)c2)C1. The minimum atomic E-state index is -0.655. The maximum atomic E-state index is 11.7. The van der Waals surface area contributed by atoms with Crippen LogP contribution in [0.5, 0.6) is 0 Å². The van der Waals surface area contributed by atoms with E-state index in [1.807, 2.05) is 12.1 Å². The molecule has 0 heterocycles. The molecule has 1 N–H and O–H groups in total. The summed E-state index contributed by atoms with van der Waals surface area (Å²) in [6.07, 6.45) is 3.91. The highest BCUT2D eigenvalue weighted by atomic mass is 16.4. The van der Waals surface area contributed by atoms with Crippen molar-refractivity contribution in [2.45, 2.75) is 51.9 Å². The summed E-state index contributed by atoms with van der Waals surface area (Å²) in [7, 11) is 0. The third-order valence-electron chi connectivity index (χ3n) is 4.44. The van der Waals surface area contributed by atoms with E-state index in [0.29, 0.717) is 5.92 Å². The highest BCUT2D eigenvalue weighted by Gasteiger charge is 2.51. The molecular weight excluding hydrogens is 224 g/mol. The van der Waals surface area contributed by atoms with E-state index in [2.05, 4.69) is 26.8 Å². The van der Waals surface area contributed by atoms with E-state index < -0.39 is 11.4 Å². The fourth-order valence-corrected chi connectivity index (χ4v) is 3.11. The van der Waals surface area contributed by atoms with Gasteiger partial charge >= 0.3 is 5.97 Å². The Labute approximate surface area is 109 Å². The lowest BCUT2D eigenvalue weighted by Gasteiger charge is -2.45. The van der Waals surface area contributed by atoms with E-state index in [0.717, 1.165) is 31.2 Å². The Morgan fingerprint density at radius 2 is 2.00 bits per heavy atom. The average molecular weight is 246 g/mol. The Hall–Kier alpha value is -1.31. The molecule has 2 heteroatoms. The van der Waals surface area contributed by atoms with Crippen LogP contribution >= 0.6 is 0 Å². The third kappa shape index (κ3) is 2.05. The van der Waals surface area contributed by atoms with Crippen LogP contribution in [0.15, 0.2) is 18.2 Å². The van der Waals surface area contributed by atoms with Crippen molar-refractivity contribution < 1.29 is 9.90 Å². The number of carbonyl (C=O) groups is 1. The summed E-state index contributed by atoms with van der Waals surface area (Å²) >= 11 is 0. The van der Waals surface area contributed by atoms with Gasteiger partial charge in [0.1, 0.15) is 0 Å². The lowest BCUT2D eigenvalue weighted by molar-refractivity contribution is -0.150. The molecule has 2 rings (SSSR count). The lowest BCUT2D eigenvalue weighted by atomic mass is 9.57. The molecular formula is C16H22O2. The molecule has 1 saturated carbocycles. The first kappa shape index (κ1) is 13.1. The van der Waals surface area contributed by atoms with Gasteiger partial charge in [-0.25, -0.2) is 0 Å². The predicted molar refractivity (Wildman–Crippen MR) is 72.9 cm³/mol. The van der Waals surface area contributed by atoms with Crippen LogP contribution in [0.3, 0.4) is 0 Å². The Morgan fingerprint density at radius 3 is 2.50 bits per heavy atom. The first-order chi connectivity index (χ1) is 8.49. The van der Waals surface area contributed by atoms with Crippen LogP contribution in [0.25, 0.3) is 0 Å². The highest BCUT2D eigenvalue weighted by Crippen LogP contribution is 2.50. The number of aliphatic carboxylic acids is 1. The predicted octanol–water partition coefficient (Wildman–Crippen LogP) is 3.84. The molecule has 0 aromatic heterocycles. The van der Waals surface area contributed by atoms with Crippen LogP contribution in [0.4, 0.5) is 0 Å². The second-order valence-electron chi connectivity index (χ2n) is 5.75. The average Bonchev–Trinajstić information content (AvgIpc) is 2.26. The summed E-state index contributed by atoms with van der Waals surface area (Å²) in [5.74, 6) is -0.0641. The molecule has 0 bridgehead atoms. The van der Waals surface area contributed by atoms with Gasteiger partial charge in [0.2, 0.25) is 0 Å². The maximum Gasteiger partial charge on any atom is 0.314 e. The number of carboxylic acid groups (broad SMARTS) is 1. The molecule has 1 aliphatic carbocycles. The summed E-state index contributed by atoms with van der Waals surface area (Å²) in [4.78, 5) is 11.7. The molecule has 1 fully saturated rings. The van der Waals surface area contributed by atoms with E-state index in [9.17, 15) is 9.90 Å². The molecule has 18 heavy (non-hydrogen) atoms. The van der Waals surface area contributed by atoms with Crippen molar-refractivity contribution in [3.8, 4) is 0 Å². The monoisotopic (exact) mass is 246 g/mol. The van der Waals surface area contributed by atoms with Crippen molar-refractivity contribution >= 4 is 5.97 Å². The molecule has 1 aromatic carbocycles. The smallest absolute Gasteiger partial charge is 0.314 e. The Morgan fingerprint density at radius 1 is 1.33 bits per heavy atom. The van der Waals surface area contributed by atoms with Gasteiger partial charge in [0.05, 0.1) is 5.41 Å². The fourth-order valence-electron chi connectivity index (χ4n) is 3.11. The first-order valence-corrected chi connectivity index (χ1v) is 6.80. The van der Waals surface area contributed by atoms with Crippen molar-refractivity contribution in [1.29, 1.82) is 0 Å². The zero-order valence-corrected chi connectivity index (χ0v) is 11.5. The molecule has 1 aromatic rings. The van der Waals surface area contributed by atoms with Crippen LogP contribution < -0.4 is 0 Å². The minimum absolute atomic E-state index is 0.590. The Balaban J connectivity index is 2.27. The summed E-state index contributed by atoms with van der Waals surface area (Å²) in [5.41, 5.74) is 2.79. The topological polar surface area (TPSA) is 37.3 Å². The number of rotatable bonds is 4. The van der Waals surface area contributed by atoms with Crippen molar-refractivity contribution in [1.82, 2.24) is 0 Å². The van der Waals surface area contributed by atoms with Crippen LogP contribution in [0.2, 0.25) is 0 Å². The van der Waals surface area contributed by atoms with E-state index in [1.165, 1.54) is 11.1 Å². The fraction of sp³-hybridized carbons (Fsp3) is 0.562. The zero-order valence-electron chi connectivity index (χ0n) is 11.5. The van der Waals surface area contributed by atoms with Gasteiger partial charge in [-0.3, -0.25) is 4.79 Å². The van der Waals surface area contributed by atoms with Crippen molar-refractivity contribution in [3.05, 3.63) is 34.9 Å². The number of benzene rings is 1. The van der Waals surface area contributed by atoms with E-state index in [4.69, 9.17) is 0 Å². The molecule has 2 nitrogen and oxygen atoms in total. The van der Waals surface area contributed by atoms with Gasteiger partial charge < -0.3 is 5.11 Å². The van der Waals surface area contributed by atoms with E-state index >= 15 is 0 Å². The van der Waals surface area contributed by atoms with Gasteiger partial charge in [-0.15, -0.1) is 0 Å². The van der Waals surface area contributed by atoms with Crippen molar-refractivity contribution in [2.24, 2.45) is 5.92 Å². The molecule has 0 atom stereocenters. The highest BCUT2D eigenvalue weighted by molar-refractivity contribution is 5.83. The molecule has 0 spiro atoms. The summed E-state index contributed by atoms with van der Waals surface area (Å²) in [6, 6.07) is 6.10. The minimum Gasteiger partial charge on any atom is -0.481 e. The van der Waals surface area contributed by atoms with Gasteiger partial charge in [0.25, 0.3) is 0 Å². The van der Waals surface area contributed by atoms with E-state index in [-0.39, 0.29) is 0 Å². The van der Waals surface area contributed by atoms with Crippen LogP contribution in [-0.4, -0.2) is 11.1 Å². The Kier molecular flexibility index (Phi) is 3.47. The van der Waals surface area contributed by atoms with Crippen LogP contribution in [0, 0.1) is 19.8 Å². The van der Waals surface area contributed by atoms with Gasteiger partial charge in [-0.2, -0.15) is 0 Å². The maximum absolute atomic E-state index is 11.7. The number of hydrogen-bond donors (Lipinski definition) is 1. The molecule has 1 aliphatic rings. The first-order valence-electron chi connectivity index (χ1n) is 6.80. The second kappa shape index (κ2) is 4.75. The quantitative estimate of drug-likeness (QED) is 0.876. The van der Waals surface area contributed by atoms with Gasteiger partial charge in [0, 0.05) is 0 Å². The number of carboxylic acids is 1. The van der Waals surface area contributed by atoms with E-state index in [1.54, 1.807) is 0 Å². The molecule has 0 aliphatic heterocycles. The van der Waals surface area contributed by atoms with Gasteiger partial charge in [0.15, 0.2) is 0 Å². The number of hydrogen-bond acceptors (Lipinski definition) is 1. The summed E-state index contributed by atoms with van der Waals surface area (Å²) in [5, 5.41) is 9.58. The molecule has 0 radical (unpaired) electrons. The zero-order chi connectivity index (χ0) is 13.3.